The van der Waals surface area contributed by atoms with Crippen molar-refractivity contribution in [1.82, 2.24) is 19.4 Å². The Balaban J connectivity index is 0.000000125. The topological polar surface area (TPSA) is 59.3 Å². The van der Waals surface area contributed by atoms with Gasteiger partial charge in [-0.05, 0) is 50.4 Å². The van der Waals surface area contributed by atoms with Crippen molar-refractivity contribution in [3.63, 3.8) is 0 Å². The molecule has 4 bridgehead atoms. The predicted molar refractivity (Wildman–Crippen MR) is 113 cm³/mol. The van der Waals surface area contributed by atoms with Crippen LogP contribution in [0.4, 0.5) is 0 Å². The van der Waals surface area contributed by atoms with Gasteiger partial charge in [-0.2, -0.15) is 0 Å². The first kappa shape index (κ1) is 18.8. The van der Waals surface area contributed by atoms with Gasteiger partial charge in [0.25, 0.3) is 11.1 Å². The molecule has 0 spiro atoms. The van der Waals surface area contributed by atoms with Gasteiger partial charge in [0.05, 0.1) is 0 Å². The van der Waals surface area contributed by atoms with E-state index >= 15 is 0 Å². The van der Waals surface area contributed by atoms with Crippen LogP contribution in [0, 0.1) is 11.8 Å². The van der Waals surface area contributed by atoms with Gasteiger partial charge in [-0.25, -0.2) is 0 Å². The number of nitrogens with one attached hydrogen (secondary N) is 1. The largest absolute Gasteiger partial charge is 0.316 e. The highest BCUT2D eigenvalue weighted by Gasteiger charge is 2.33. The minimum Gasteiger partial charge on any atom is -0.316 e. The molecule has 0 saturated carbocycles. The van der Waals surface area contributed by atoms with Crippen LogP contribution in [0.15, 0.2) is 46.0 Å². The third-order valence-corrected chi connectivity index (χ3v) is 7.05. The van der Waals surface area contributed by atoms with Gasteiger partial charge in [-0.1, -0.05) is 12.1 Å². The van der Waals surface area contributed by atoms with Crippen LogP contribution in [0.25, 0.3) is 0 Å². The number of fused-ring (bicyclic) bond motifs is 8. The SMILES string of the molecule is CN1CC2CC(C1)c1cccc(=O)n1C2.O=c1cccc2n1CC1CNCC2C1. The minimum atomic E-state index is 0.166. The zero-order valence-electron chi connectivity index (χ0n) is 17.1. The smallest absolute Gasteiger partial charge is 0.250 e. The lowest BCUT2D eigenvalue weighted by Crippen LogP contribution is -2.45. The van der Waals surface area contributed by atoms with Crippen LogP contribution >= 0.6 is 0 Å². The summed E-state index contributed by atoms with van der Waals surface area (Å²) < 4.78 is 3.94. The van der Waals surface area contributed by atoms with E-state index in [1.165, 1.54) is 24.2 Å². The summed E-state index contributed by atoms with van der Waals surface area (Å²) in [4.78, 5) is 25.8. The Labute approximate surface area is 171 Å². The van der Waals surface area contributed by atoms with Crippen LogP contribution in [0.3, 0.4) is 0 Å². The van der Waals surface area contributed by atoms with Crippen molar-refractivity contribution in [2.45, 2.75) is 37.8 Å². The standard InChI is InChI=1S/C12H16N2O.C11H14N2O/c1-13-6-9-5-10(8-13)11-3-2-4-12(15)14(11)7-9;14-11-3-1-2-10-9-4-8(5-12-6-9)7-13(10)11/h2-4,9-10H,5-8H2,1H3;1-3,8-9,12H,4-7H2. The normalized spacial score (nSPS) is 29.8. The summed E-state index contributed by atoms with van der Waals surface area (Å²) in [6, 6.07) is 11.3. The van der Waals surface area contributed by atoms with Crippen molar-refractivity contribution in [2.75, 3.05) is 33.2 Å². The molecule has 6 nitrogen and oxygen atoms in total. The molecule has 6 rings (SSSR count). The van der Waals surface area contributed by atoms with Crippen molar-refractivity contribution in [2.24, 2.45) is 11.8 Å². The molecule has 0 radical (unpaired) electrons. The lowest BCUT2D eigenvalue weighted by Gasteiger charge is -2.41. The van der Waals surface area contributed by atoms with E-state index in [0.717, 1.165) is 39.3 Å². The molecule has 4 aliphatic rings. The summed E-state index contributed by atoms with van der Waals surface area (Å²) in [7, 11) is 2.18. The summed E-state index contributed by atoms with van der Waals surface area (Å²) >= 11 is 0. The molecule has 2 saturated heterocycles. The minimum absolute atomic E-state index is 0.166. The lowest BCUT2D eigenvalue weighted by molar-refractivity contribution is 0.145. The lowest BCUT2D eigenvalue weighted by atomic mass is 9.83. The van der Waals surface area contributed by atoms with Gasteiger partial charge in [0.15, 0.2) is 0 Å². The molecule has 0 aromatic carbocycles. The van der Waals surface area contributed by atoms with Gasteiger partial charge in [0, 0.05) is 68.1 Å². The van der Waals surface area contributed by atoms with E-state index in [4.69, 9.17) is 0 Å². The highest BCUT2D eigenvalue weighted by molar-refractivity contribution is 5.17. The molecule has 2 aromatic heterocycles. The second kappa shape index (κ2) is 7.58. The van der Waals surface area contributed by atoms with E-state index < -0.39 is 0 Å². The second-order valence-corrected chi connectivity index (χ2v) is 9.28. The summed E-state index contributed by atoms with van der Waals surface area (Å²) in [5.74, 6) is 2.44. The molecule has 4 unspecified atom stereocenters. The fourth-order valence-electron chi connectivity index (χ4n) is 5.88. The first-order valence-corrected chi connectivity index (χ1v) is 10.9. The van der Waals surface area contributed by atoms with E-state index in [2.05, 4.69) is 29.4 Å². The molecule has 0 amide bonds. The molecule has 0 aliphatic carbocycles. The van der Waals surface area contributed by atoms with Gasteiger partial charge in [0.1, 0.15) is 0 Å². The summed E-state index contributed by atoms with van der Waals surface area (Å²) in [5.41, 5.74) is 2.80. The monoisotopic (exact) mass is 394 g/mol. The molecule has 29 heavy (non-hydrogen) atoms. The van der Waals surface area contributed by atoms with Gasteiger partial charge in [-0.15, -0.1) is 0 Å². The third kappa shape index (κ3) is 3.60. The Kier molecular flexibility index (Phi) is 4.92. The summed E-state index contributed by atoms with van der Waals surface area (Å²) in [6.07, 6.45) is 2.50. The van der Waals surface area contributed by atoms with Crippen LogP contribution in [0.2, 0.25) is 0 Å². The van der Waals surface area contributed by atoms with Crippen LogP contribution in [0.5, 0.6) is 0 Å². The Morgan fingerprint density at radius 1 is 0.759 bits per heavy atom. The van der Waals surface area contributed by atoms with Crippen molar-refractivity contribution in [3.05, 3.63) is 68.5 Å². The Morgan fingerprint density at radius 2 is 1.38 bits per heavy atom. The molecule has 6 heteroatoms. The van der Waals surface area contributed by atoms with Crippen LogP contribution in [0.1, 0.15) is 36.1 Å². The number of aromatic nitrogens is 2. The number of likely N-dealkylation sites (tertiary alicyclic amines) is 1. The van der Waals surface area contributed by atoms with E-state index in [1.807, 2.05) is 21.3 Å². The molecule has 2 aromatic rings. The van der Waals surface area contributed by atoms with E-state index in [9.17, 15) is 9.59 Å². The fraction of sp³-hybridized carbons (Fsp3) is 0.565. The number of likely N-dealkylation sites (N-methyl/N-ethyl adjacent to an activating group) is 1. The third-order valence-electron chi connectivity index (χ3n) is 7.05. The summed E-state index contributed by atoms with van der Waals surface area (Å²) in [6.45, 7) is 6.14. The number of piperidine rings is 2. The molecular weight excluding hydrogens is 364 g/mol. The molecule has 4 aliphatic heterocycles. The van der Waals surface area contributed by atoms with Gasteiger partial charge in [-0.3, -0.25) is 9.59 Å². The Morgan fingerprint density at radius 3 is 2.10 bits per heavy atom. The fourth-order valence-corrected chi connectivity index (χ4v) is 5.88. The molecule has 2 fully saturated rings. The predicted octanol–water partition coefficient (Wildman–Crippen LogP) is 1.45. The molecule has 4 atom stereocenters. The molecule has 154 valence electrons. The average molecular weight is 395 g/mol. The van der Waals surface area contributed by atoms with Gasteiger partial charge in [0.2, 0.25) is 0 Å². The molecule has 6 heterocycles. The highest BCUT2D eigenvalue weighted by atomic mass is 16.1. The van der Waals surface area contributed by atoms with Crippen LogP contribution in [-0.4, -0.2) is 47.3 Å². The average Bonchev–Trinajstić information content (AvgIpc) is 2.70. The quantitative estimate of drug-likeness (QED) is 0.735. The number of nitrogens with zero attached hydrogens (tertiary/aromatic N) is 3. The van der Waals surface area contributed by atoms with Gasteiger partial charge < -0.3 is 19.4 Å². The van der Waals surface area contributed by atoms with Crippen molar-refractivity contribution in [3.8, 4) is 0 Å². The van der Waals surface area contributed by atoms with Crippen LogP contribution in [-0.2, 0) is 13.1 Å². The first-order chi connectivity index (χ1) is 14.1. The number of hydrogen-bond acceptors (Lipinski definition) is 4. The number of hydrogen-bond donors (Lipinski definition) is 1. The van der Waals surface area contributed by atoms with Crippen molar-refractivity contribution >= 4 is 0 Å². The van der Waals surface area contributed by atoms with Gasteiger partial charge >= 0.3 is 0 Å². The van der Waals surface area contributed by atoms with Crippen LogP contribution < -0.4 is 16.4 Å². The van der Waals surface area contributed by atoms with E-state index in [0.29, 0.717) is 23.7 Å². The zero-order chi connectivity index (χ0) is 20.0. The molecule has 1 N–H and O–H groups in total. The molecular formula is C23H30N4O2. The maximum Gasteiger partial charge on any atom is 0.250 e. The van der Waals surface area contributed by atoms with Crippen molar-refractivity contribution < 1.29 is 0 Å². The Bertz CT molecular complexity index is 1010. The first-order valence-electron chi connectivity index (χ1n) is 10.9. The van der Waals surface area contributed by atoms with E-state index in [-0.39, 0.29) is 11.1 Å². The van der Waals surface area contributed by atoms with E-state index in [1.54, 1.807) is 12.1 Å². The number of pyridine rings is 2. The Hall–Kier alpha value is -2.18. The second-order valence-electron chi connectivity index (χ2n) is 9.28. The summed E-state index contributed by atoms with van der Waals surface area (Å²) in [5, 5.41) is 3.43. The highest BCUT2D eigenvalue weighted by Crippen LogP contribution is 2.34. The zero-order valence-corrected chi connectivity index (χ0v) is 17.1. The number of rotatable bonds is 0. The maximum absolute atomic E-state index is 11.7. The maximum atomic E-state index is 11.7. The van der Waals surface area contributed by atoms with Crippen molar-refractivity contribution in [1.29, 1.82) is 0 Å².